The minimum Gasteiger partial charge on any atom is -0.462 e. The number of nitrogens with one attached hydrogen (secondary N) is 1. The van der Waals surface area contributed by atoms with E-state index in [2.05, 4.69) is 10.3 Å². The minimum absolute atomic E-state index is 0.332. The Morgan fingerprint density at radius 3 is 3.12 bits per heavy atom. The quantitative estimate of drug-likeness (QED) is 0.445. The molecule has 0 spiro atoms. The predicted molar refractivity (Wildman–Crippen MR) is 62.8 cm³/mol. The molecule has 0 fully saturated rings. The van der Waals surface area contributed by atoms with Crippen molar-refractivity contribution in [3.05, 3.63) is 36.2 Å². The molecule has 0 amide bonds. The molecule has 16 heavy (non-hydrogen) atoms. The number of esters is 1. The molecule has 1 N–H and O–H groups in total. The van der Waals surface area contributed by atoms with Crippen molar-refractivity contribution < 1.29 is 9.53 Å². The van der Waals surface area contributed by atoms with E-state index in [1.54, 1.807) is 12.3 Å². The lowest BCUT2D eigenvalue weighted by Gasteiger charge is -2.00. The van der Waals surface area contributed by atoms with Crippen LogP contribution in [-0.2, 0) is 9.53 Å². The van der Waals surface area contributed by atoms with Crippen LogP contribution in [-0.4, -0.2) is 31.2 Å². The molecular weight excluding hydrogens is 204 g/mol. The molecule has 0 aromatic carbocycles. The third kappa shape index (κ3) is 5.26. The van der Waals surface area contributed by atoms with Crippen LogP contribution in [0.2, 0.25) is 0 Å². The normalized spacial score (nSPS) is 10.6. The molecule has 0 aliphatic heterocycles. The third-order valence-corrected chi connectivity index (χ3v) is 1.89. The van der Waals surface area contributed by atoms with E-state index in [4.69, 9.17) is 4.74 Å². The van der Waals surface area contributed by atoms with E-state index in [1.807, 2.05) is 25.2 Å². The summed E-state index contributed by atoms with van der Waals surface area (Å²) in [5.74, 6) is -0.332. The largest absolute Gasteiger partial charge is 0.462 e. The van der Waals surface area contributed by atoms with Gasteiger partial charge in [-0.25, -0.2) is 4.79 Å². The zero-order valence-corrected chi connectivity index (χ0v) is 9.35. The number of ether oxygens (including phenoxy) is 1. The predicted octanol–water partition coefficient (Wildman–Crippen LogP) is 1.25. The maximum absolute atomic E-state index is 11.2. The molecule has 0 radical (unpaired) electrons. The molecular formula is C12H16N2O2. The van der Waals surface area contributed by atoms with E-state index in [0.717, 1.165) is 18.7 Å². The number of rotatable bonds is 6. The first-order chi connectivity index (χ1) is 7.83. The minimum atomic E-state index is -0.332. The van der Waals surface area contributed by atoms with Crippen molar-refractivity contribution in [1.82, 2.24) is 10.3 Å². The van der Waals surface area contributed by atoms with Crippen LogP contribution >= 0.6 is 0 Å². The SMILES string of the molecule is CNCCCOC(=O)/C=C/c1ccccn1. The summed E-state index contributed by atoms with van der Waals surface area (Å²) in [6, 6.07) is 5.52. The van der Waals surface area contributed by atoms with Gasteiger partial charge in [0, 0.05) is 12.3 Å². The highest BCUT2D eigenvalue weighted by Gasteiger charge is 1.96. The Balaban J connectivity index is 2.26. The van der Waals surface area contributed by atoms with Gasteiger partial charge in [0.1, 0.15) is 0 Å². The average Bonchev–Trinajstić information content (AvgIpc) is 2.33. The highest BCUT2D eigenvalue weighted by atomic mass is 16.5. The van der Waals surface area contributed by atoms with Gasteiger partial charge in [-0.1, -0.05) is 6.07 Å². The molecule has 86 valence electrons. The van der Waals surface area contributed by atoms with E-state index < -0.39 is 0 Å². The number of hydrogen-bond donors (Lipinski definition) is 1. The first-order valence-electron chi connectivity index (χ1n) is 5.23. The van der Waals surface area contributed by atoms with Gasteiger partial charge in [0.2, 0.25) is 0 Å². The molecule has 0 saturated carbocycles. The van der Waals surface area contributed by atoms with Gasteiger partial charge in [0.05, 0.1) is 12.3 Å². The average molecular weight is 220 g/mol. The van der Waals surface area contributed by atoms with Crippen molar-refractivity contribution in [2.45, 2.75) is 6.42 Å². The van der Waals surface area contributed by atoms with Crippen LogP contribution < -0.4 is 5.32 Å². The maximum Gasteiger partial charge on any atom is 0.330 e. The number of carbonyl (C=O) groups is 1. The third-order valence-electron chi connectivity index (χ3n) is 1.89. The molecule has 1 aromatic rings. The van der Waals surface area contributed by atoms with Crippen LogP contribution in [0, 0.1) is 0 Å². The summed E-state index contributed by atoms with van der Waals surface area (Å²) in [6.45, 7) is 1.28. The van der Waals surface area contributed by atoms with Crippen molar-refractivity contribution in [2.75, 3.05) is 20.2 Å². The highest BCUT2D eigenvalue weighted by molar-refractivity contribution is 5.86. The second kappa shape index (κ2) is 7.59. The van der Waals surface area contributed by atoms with Crippen LogP contribution in [0.15, 0.2) is 30.5 Å². The monoisotopic (exact) mass is 220 g/mol. The lowest BCUT2D eigenvalue weighted by molar-refractivity contribution is -0.137. The Kier molecular flexibility index (Phi) is 5.88. The molecule has 0 unspecified atom stereocenters. The Hall–Kier alpha value is -1.68. The Bertz CT molecular complexity index is 336. The fraction of sp³-hybridized carbons (Fsp3) is 0.333. The van der Waals surface area contributed by atoms with Gasteiger partial charge >= 0.3 is 5.97 Å². The molecule has 4 nitrogen and oxygen atoms in total. The van der Waals surface area contributed by atoms with Crippen LogP contribution in [0.25, 0.3) is 6.08 Å². The van der Waals surface area contributed by atoms with E-state index in [-0.39, 0.29) is 5.97 Å². The Morgan fingerprint density at radius 1 is 1.56 bits per heavy atom. The molecule has 4 heteroatoms. The lowest BCUT2D eigenvalue weighted by Crippen LogP contribution is -2.12. The van der Waals surface area contributed by atoms with Gasteiger partial charge in [-0.15, -0.1) is 0 Å². The molecule has 0 bridgehead atoms. The summed E-state index contributed by atoms with van der Waals surface area (Å²) in [6.07, 6.45) is 5.53. The molecule has 1 rings (SSSR count). The fourth-order valence-corrected chi connectivity index (χ4v) is 1.10. The molecule has 0 atom stereocenters. The van der Waals surface area contributed by atoms with Gasteiger partial charge in [-0.3, -0.25) is 4.98 Å². The van der Waals surface area contributed by atoms with Crippen molar-refractivity contribution in [3.63, 3.8) is 0 Å². The van der Waals surface area contributed by atoms with E-state index in [0.29, 0.717) is 6.61 Å². The number of nitrogens with zero attached hydrogens (tertiary/aromatic N) is 1. The van der Waals surface area contributed by atoms with Crippen molar-refractivity contribution in [3.8, 4) is 0 Å². The second-order valence-corrected chi connectivity index (χ2v) is 3.21. The number of pyridine rings is 1. The second-order valence-electron chi connectivity index (χ2n) is 3.21. The fourth-order valence-electron chi connectivity index (χ4n) is 1.10. The standard InChI is InChI=1S/C12H16N2O2/c1-13-8-4-10-16-12(15)7-6-11-5-2-3-9-14-11/h2-3,5-7,9,13H,4,8,10H2,1H3/b7-6+. The van der Waals surface area contributed by atoms with E-state index in [1.165, 1.54) is 6.08 Å². The highest BCUT2D eigenvalue weighted by Crippen LogP contribution is 1.96. The summed E-state index contributed by atoms with van der Waals surface area (Å²) in [5.41, 5.74) is 0.745. The van der Waals surface area contributed by atoms with Crippen LogP contribution in [0.1, 0.15) is 12.1 Å². The first-order valence-corrected chi connectivity index (χ1v) is 5.23. The molecule has 0 aliphatic carbocycles. The van der Waals surface area contributed by atoms with Crippen molar-refractivity contribution in [1.29, 1.82) is 0 Å². The molecule has 0 saturated heterocycles. The van der Waals surface area contributed by atoms with Crippen molar-refractivity contribution >= 4 is 12.0 Å². The van der Waals surface area contributed by atoms with Gasteiger partial charge in [0.15, 0.2) is 0 Å². The van der Waals surface area contributed by atoms with E-state index in [9.17, 15) is 4.79 Å². The summed E-state index contributed by atoms with van der Waals surface area (Å²) < 4.78 is 4.97. The first kappa shape index (κ1) is 12.4. The summed E-state index contributed by atoms with van der Waals surface area (Å²) in [4.78, 5) is 15.3. The summed E-state index contributed by atoms with van der Waals surface area (Å²) >= 11 is 0. The van der Waals surface area contributed by atoms with Crippen molar-refractivity contribution in [2.24, 2.45) is 0 Å². The number of hydrogen-bond acceptors (Lipinski definition) is 4. The van der Waals surface area contributed by atoms with Gasteiger partial charge in [-0.05, 0) is 38.2 Å². The number of carbonyl (C=O) groups excluding carboxylic acids is 1. The topological polar surface area (TPSA) is 51.2 Å². The van der Waals surface area contributed by atoms with Crippen LogP contribution in [0.3, 0.4) is 0 Å². The maximum atomic E-state index is 11.2. The smallest absolute Gasteiger partial charge is 0.330 e. The summed E-state index contributed by atoms with van der Waals surface area (Å²) in [5, 5.41) is 2.98. The Morgan fingerprint density at radius 2 is 2.44 bits per heavy atom. The molecule has 1 heterocycles. The molecule has 0 aliphatic rings. The zero-order valence-electron chi connectivity index (χ0n) is 9.35. The zero-order chi connectivity index (χ0) is 11.6. The molecule has 1 aromatic heterocycles. The van der Waals surface area contributed by atoms with E-state index >= 15 is 0 Å². The van der Waals surface area contributed by atoms with Crippen LogP contribution in [0.4, 0.5) is 0 Å². The number of aromatic nitrogens is 1. The lowest BCUT2D eigenvalue weighted by atomic mass is 10.3. The summed E-state index contributed by atoms with van der Waals surface area (Å²) in [7, 11) is 1.86. The van der Waals surface area contributed by atoms with Crippen LogP contribution in [0.5, 0.6) is 0 Å². The van der Waals surface area contributed by atoms with Gasteiger partial charge in [-0.2, -0.15) is 0 Å². The van der Waals surface area contributed by atoms with Gasteiger partial charge in [0.25, 0.3) is 0 Å². The van der Waals surface area contributed by atoms with Gasteiger partial charge < -0.3 is 10.1 Å². The Labute approximate surface area is 95.3 Å².